The number of hydrogen-bond donors (Lipinski definition) is 1. The summed E-state index contributed by atoms with van der Waals surface area (Å²) in [5.41, 5.74) is 1.99. The van der Waals surface area contributed by atoms with Crippen LogP contribution in [0.1, 0.15) is 192 Å². The van der Waals surface area contributed by atoms with E-state index in [0.29, 0.717) is 0 Å². The molecule has 1 aromatic carbocycles. The standard InChI is InChI=1S/C36H66O3S.Na/c1-3-5-7-9-11-13-15-17-19-21-23-25-27-30-34-31-29-33-36(40(37,38)39)35(34)32-28-26-24-22-20-18-16-14-12-10-8-6-4-2;/h29,31,33H,3-28,30,32H2,1-2H3,(H,37,38,39);. The first-order valence-corrected chi connectivity index (χ1v) is 19.0. The Balaban J connectivity index is 0.0000160. The van der Waals surface area contributed by atoms with Crippen LogP contribution in [0, 0.1) is 0 Å². The maximum Gasteiger partial charge on any atom is 0.294 e. The summed E-state index contributed by atoms with van der Waals surface area (Å²) < 4.78 is 34.0. The minimum Gasteiger partial charge on any atom is -0.282 e. The molecule has 0 spiro atoms. The monoisotopic (exact) mass is 601 g/mol. The van der Waals surface area contributed by atoms with Gasteiger partial charge in [0, 0.05) is 29.6 Å². The van der Waals surface area contributed by atoms with Crippen LogP contribution < -0.4 is 0 Å². The molecule has 0 atom stereocenters. The Morgan fingerprint density at radius 2 is 0.805 bits per heavy atom. The molecule has 0 amide bonds. The van der Waals surface area contributed by atoms with Crippen molar-refractivity contribution in [1.29, 1.82) is 0 Å². The molecule has 1 rings (SSSR count). The summed E-state index contributed by atoms with van der Waals surface area (Å²) in [5.74, 6) is 0. The molecule has 0 aliphatic heterocycles. The molecule has 0 heterocycles. The van der Waals surface area contributed by atoms with E-state index in [1.54, 1.807) is 12.1 Å². The molecule has 1 radical (unpaired) electrons. The van der Waals surface area contributed by atoms with Crippen molar-refractivity contribution < 1.29 is 13.0 Å². The van der Waals surface area contributed by atoms with Gasteiger partial charge >= 0.3 is 0 Å². The summed E-state index contributed by atoms with van der Waals surface area (Å²) in [5, 5.41) is 0. The van der Waals surface area contributed by atoms with E-state index in [4.69, 9.17) is 0 Å². The molecule has 5 heteroatoms. The van der Waals surface area contributed by atoms with Gasteiger partial charge in [0.2, 0.25) is 0 Å². The molecular formula is C36H66NaO3S. The molecule has 0 bridgehead atoms. The Morgan fingerprint density at radius 1 is 0.488 bits per heavy atom. The largest absolute Gasteiger partial charge is 0.294 e. The van der Waals surface area contributed by atoms with Gasteiger partial charge in [-0.25, -0.2) is 0 Å². The van der Waals surface area contributed by atoms with E-state index < -0.39 is 10.1 Å². The first kappa shape index (κ1) is 41.1. The minimum atomic E-state index is -4.18. The summed E-state index contributed by atoms with van der Waals surface area (Å²) in [6.45, 7) is 4.55. The van der Waals surface area contributed by atoms with Crippen LogP contribution in [0.25, 0.3) is 0 Å². The molecule has 0 unspecified atom stereocenters. The second-order valence-corrected chi connectivity index (χ2v) is 13.7. The third kappa shape index (κ3) is 23.2. The first-order valence-electron chi connectivity index (χ1n) is 17.6. The van der Waals surface area contributed by atoms with Crippen LogP contribution in [-0.4, -0.2) is 42.5 Å². The molecule has 3 nitrogen and oxygen atoms in total. The average Bonchev–Trinajstić information content (AvgIpc) is 2.93. The van der Waals surface area contributed by atoms with Gasteiger partial charge in [-0.05, 0) is 42.9 Å². The second kappa shape index (κ2) is 28.9. The maximum atomic E-state index is 12.1. The van der Waals surface area contributed by atoms with Gasteiger partial charge < -0.3 is 0 Å². The van der Waals surface area contributed by atoms with Gasteiger partial charge in [-0.2, -0.15) is 8.42 Å². The van der Waals surface area contributed by atoms with Crippen LogP contribution in [-0.2, 0) is 23.0 Å². The Hall–Kier alpha value is 0.130. The zero-order valence-electron chi connectivity index (χ0n) is 27.7. The van der Waals surface area contributed by atoms with E-state index in [0.717, 1.165) is 43.2 Å². The van der Waals surface area contributed by atoms with E-state index in [1.807, 2.05) is 0 Å². The van der Waals surface area contributed by atoms with Gasteiger partial charge in [0.15, 0.2) is 0 Å². The number of hydrogen-bond acceptors (Lipinski definition) is 2. The summed E-state index contributed by atoms with van der Waals surface area (Å²) in [7, 11) is -4.18. The second-order valence-electron chi connectivity index (χ2n) is 12.4. The van der Waals surface area contributed by atoms with Crippen molar-refractivity contribution in [3.8, 4) is 0 Å². The van der Waals surface area contributed by atoms with E-state index in [-0.39, 0.29) is 34.5 Å². The fourth-order valence-electron chi connectivity index (χ4n) is 6.02. The van der Waals surface area contributed by atoms with Crippen molar-refractivity contribution in [2.45, 2.75) is 199 Å². The van der Waals surface area contributed by atoms with Gasteiger partial charge in [0.05, 0.1) is 4.90 Å². The fraction of sp³-hybridized carbons (Fsp3) is 0.833. The summed E-state index contributed by atoms with van der Waals surface area (Å²) in [6, 6.07) is 5.46. The first-order chi connectivity index (χ1) is 19.5. The van der Waals surface area contributed by atoms with Crippen molar-refractivity contribution in [1.82, 2.24) is 0 Å². The molecule has 0 aromatic heterocycles. The molecule has 1 aromatic rings. The van der Waals surface area contributed by atoms with Gasteiger partial charge in [-0.1, -0.05) is 180 Å². The molecule has 0 saturated heterocycles. The van der Waals surface area contributed by atoms with Crippen molar-refractivity contribution in [3.05, 3.63) is 29.3 Å². The van der Waals surface area contributed by atoms with Crippen LogP contribution in [0.4, 0.5) is 0 Å². The quantitative estimate of drug-likeness (QED) is 0.0564. The van der Waals surface area contributed by atoms with Gasteiger partial charge in [-0.3, -0.25) is 4.55 Å². The van der Waals surface area contributed by atoms with E-state index in [1.165, 1.54) is 148 Å². The maximum absolute atomic E-state index is 12.1. The molecule has 0 saturated carbocycles. The van der Waals surface area contributed by atoms with Crippen LogP contribution in [0.15, 0.2) is 23.1 Å². The summed E-state index contributed by atoms with van der Waals surface area (Å²) >= 11 is 0. The molecule has 1 N–H and O–H groups in total. The Kier molecular flexibility index (Phi) is 29.0. The summed E-state index contributed by atoms with van der Waals surface area (Å²) in [4.78, 5) is 0.138. The third-order valence-electron chi connectivity index (χ3n) is 8.59. The van der Waals surface area contributed by atoms with Crippen molar-refractivity contribution >= 4 is 39.7 Å². The van der Waals surface area contributed by atoms with E-state index in [9.17, 15) is 13.0 Å². The molecule has 0 aliphatic carbocycles. The van der Waals surface area contributed by atoms with E-state index in [2.05, 4.69) is 19.9 Å². The smallest absolute Gasteiger partial charge is 0.282 e. The molecular weight excluding hydrogens is 535 g/mol. The Bertz CT molecular complexity index is 809. The summed E-state index contributed by atoms with van der Waals surface area (Å²) in [6.07, 6.45) is 35.9. The van der Waals surface area contributed by atoms with Crippen molar-refractivity contribution in [2.24, 2.45) is 0 Å². The van der Waals surface area contributed by atoms with Gasteiger partial charge in [0.25, 0.3) is 10.1 Å². The molecule has 0 fully saturated rings. The molecule has 0 aliphatic rings. The predicted octanol–water partition coefficient (Wildman–Crippen LogP) is 11.8. The zero-order chi connectivity index (χ0) is 29.2. The predicted molar refractivity (Wildman–Crippen MR) is 181 cm³/mol. The van der Waals surface area contributed by atoms with Crippen LogP contribution in [0.2, 0.25) is 0 Å². The average molecular weight is 602 g/mol. The normalized spacial score (nSPS) is 11.6. The van der Waals surface area contributed by atoms with Crippen molar-refractivity contribution in [3.63, 3.8) is 0 Å². The third-order valence-corrected chi connectivity index (χ3v) is 9.53. The Labute approximate surface area is 278 Å². The number of unbranched alkanes of at least 4 members (excludes halogenated alkanes) is 24. The fourth-order valence-corrected chi connectivity index (χ4v) is 6.82. The van der Waals surface area contributed by atoms with Crippen molar-refractivity contribution in [2.75, 3.05) is 0 Å². The molecule has 41 heavy (non-hydrogen) atoms. The topological polar surface area (TPSA) is 54.4 Å². The van der Waals surface area contributed by atoms with Crippen LogP contribution in [0.3, 0.4) is 0 Å². The minimum absolute atomic E-state index is 0. The van der Waals surface area contributed by atoms with Crippen LogP contribution in [0.5, 0.6) is 0 Å². The van der Waals surface area contributed by atoms with Gasteiger partial charge in [0.1, 0.15) is 0 Å². The van der Waals surface area contributed by atoms with E-state index >= 15 is 0 Å². The number of rotatable bonds is 29. The number of aryl methyl sites for hydroxylation is 1. The molecule has 235 valence electrons. The van der Waals surface area contributed by atoms with Crippen LogP contribution >= 0.6 is 0 Å². The SMILES string of the molecule is CCCCCCCCCCCCCCCc1cccc(S(=O)(=O)O)c1CCCCCCCCCCCCCCC.[Na]. The number of benzene rings is 1. The van der Waals surface area contributed by atoms with Gasteiger partial charge in [-0.15, -0.1) is 0 Å². The zero-order valence-corrected chi connectivity index (χ0v) is 30.5. The Morgan fingerprint density at radius 3 is 1.15 bits per heavy atom.